The molecule has 0 unspecified atom stereocenters. The Labute approximate surface area is 87.9 Å². The molecule has 0 bridgehead atoms. The highest BCUT2D eigenvalue weighted by atomic mass is 79.9. The van der Waals surface area contributed by atoms with Crippen LogP contribution in [-0.4, -0.2) is 20.8 Å². The maximum atomic E-state index is 5.07. The molecule has 13 heavy (non-hydrogen) atoms. The zero-order chi connectivity index (χ0) is 10.3. The molecule has 76 valence electrons. The Morgan fingerprint density at radius 1 is 1.31 bits per heavy atom. The van der Waals surface area contributed by atoms with Crippen LogP contribution in [0.5, 0.6) is 0 Å². The topological polar surface area (TPSA) is 30.5 Å². The molecule has 1 heterocycles. The van der Waals surface area contributed by atoms with Crippen LogP contribution in [0.1, 0.15) is 13.8 Å². The highest BCUT2D eigenvalue weighted by Crippen LogP contribution is 2.18. The van der Waals surface area contributed by atoms with Crippen LogP contribution < -0.4 is 5.32 Å². The Kier molecular flexibility index (Phi) is 6.49. The Bertz CT molecular complexity index is 212. The van der Waals surface area contributed by atoms with E-state index in [9.17, 15) is 0 Å². The van der Waals surface area contributed by atoms with Crippen LogP contribution in [0.15, 0.2) is 22.2 Å². The van der Waals surface area contributed by atoms with Crippen LogP contribution in [0.2, 0.25) is 0 Å². The van der Waals surface area contributed by atoms with Crippen molar-refractivity contribution in [2.75, 3.05) is 20.8 Å². The van der Waals surface area contributed by atoms with Crippen LogP contribution in [0, 0.1) is 0 Å². The van der Waals surface area contributed by atoms with E-state index in [1.807, 2.05) is 13.8 Å². The lowest BCUT2D eigenvalue weighted by Gasteiger charge is -2.16. The predicted octanol–water partition coefficient (Wildman–Crippen LogP) is 2.36. The van der Waals surface area contributed by atoms with Crippen molar-refractivity contribution in [2.24, 2.45) is 0 Å². The van der Waals surface area contributed by atoms with Gasteiger partial charge in [0.05, 0.1) is 25.2 Å². The van der Waals surface area contributed by atoms with Gasteiger partial charge in [-0.3, -0.25) is 0 Å². The van der Waals surface area contributed by atoms with Gasteiger partial charge in [0.1, 0.15) is 5.76 Å². The van der Waals surface area contributed by atoms with Crippen molar-refractivity contribution in [1.29, 1.82) is 0 Å². The van der Waals surface area contributed by atoms with E-state index in [0.717, 1.165) is 16.1 Å². The van der Waals surface area contributed by atoms with Crippen molar-refractivity contribution in [3.8, 4) is 0 Å². The van der Waals surface area contributed by atoms with Crippen LogP contribution in [0.25, 0.3) is 0 Å². The zero-order valence-corrected chi connectivity index (χ0v) is 10.1. The van der Waals surface area contributed by atoms with Gasteiger partial charge in [0.15, 0.2) is 5.88 Å². The second-order valence-corrected chi connectivity index (χ2v) is 3.00. The summed E-state index contributed by atoms with van der Waals surface area (Å²) >= 11 is 3.36. The number of allylic oxidation sites excluding steroid dienone is 1. The number of nitrogens with one attached hydrogen (secondary N) is 1. The Balaban J connectivity index is 0.000000671. The van der Waals surface area contributed by atoms with E-state index in [1.54, 1.807) is 20.3 Å². The molecule has 1 N–H and O–H groups in total. The molecule has 0 aromatic rings. The number of halogens is 1. The summed E-state index contributed by atoms with van der Waals surface area (Å²) in [5.74, 6) is 1.53. The van der Waals surface area contributed by atoms with Gasteiger partial charge in [-0.2, -0.15) is 0 Å². The summed E-state index contributed by atoms with van der Waals surface area (Å²) in [6.07, 6.45) is 1.80. The first-order valence-electron chi connectivity index (χ1n) is 4.20. The molecule has 0 aliphatic carbocycles. The van der Waals surface area contributed by atoms with Crippen LogP contribution in [0.4, 0.5) is 0 Å². The minimum atomic E-state index is 0.711. The first kappa shape index (κ1) is 12.4. The predicted molar refractivity (Wildman–Crippen MR) is 57.4 cm³/mol. The average Bonchev–Trinajstić information content (AvgIpc) is 2.22. The number of ether oxygens (including phenoxy) is 2. The highest BCUT2D eigenvalue weighted by molar-refractivity contribution is 9.11. The van der Waals surface area contributed by atoms with E-state index < -0.39 is 0 Å². The zero-order valence-electron chi connectivity index (χ0n) is 8.48. The van der Waals surface area contributed by atoms with Gasteiger partial charge in [0.2, 0.25) is 0 Å². The van der Waals surface area contributed by atoms with Crippen LogP contribution in [-0.2, 0) is 9.47 Å². The summed E-state index contributed by atoms with van der Waals surface area (Å²) in [6, 6.07) is 0. The molecule has 1 aliphatic rings. The minimum absolute atomic E-state index is 0.711. The number of rotatable bonds is 2. The fourth-order valence-corrected chi connectivity index (χ4v) is 1.22. The van der Waals surface area contributed by atoms with Crippen molar-refractivity contribution in [1.82, 2.24) is 5.32 Å². The maximum Gasteiger partial charge on any atom is 0.190 e. The number of dihydropyridines is 1. The second kappa shape index (κ2) is 6.83. The third-order valence-corrected chi connectivity index (χ3v) is 2.06. The maximum absolute atomic E-state index is 5.07. The third kappa shape index (κ3) is 3.72. The third-order valence-electron chi connectivity index (χ3n) is 1.39. The van der Waals surface area contributed by atoms with Gasteiger partial charge in [0.25, 0.3) is 0 Å². The molecule has 0 amide bonds. The van der Waals surface area contributed by atoms with Gasteiger partial charge in [-0.15, -0.1) is 0 Å². The van der Waals surface area contributed by atoms with E-state index >= 15 is 0 Å². The van der Waals surface area contributed by atoms with Crippen molar-refractivity contribution >= 4 is 15.9 Å². The van der Waals surface area contributed by atoms with Gasteiger partial charge >= 0.3 is 0 Å². The normalized spacial score (nSPS) is 15.0. The lowest BCUT2D eigenvalue weighted by molar-refractivity contribution is 0.247. The van der Waals surface area contributed by atoms with Gasteiger partial charge in [0, 0.05) is 6.08 Å². The standard InChI is InChI=1S/C7H10BrNO2.C2H6/c1-10-6-3-7(11-2)9-4-5(6)8;1-2/h3,9H,4H2,1-2H3;1-2H3. The molecule has 0 saturated heterocycles. The Hall–Kier alpha value is -0.640. The summed E-state index contributed by atoms with van der Waals surface area (Å²) in [5.41, 5.74) is 0. The molecule has 0 spiro atoms. The molecule has 1 rings (SSSR count). The molecule has 0 atom stereocenters. The summed E-state index contributed by atoms with van der Waals surface area (Å²) in [5, 5.41) is 3.04. The lowest BCUT2D eigenvalue weighted by atomic mass is 10.3. The van der Waals surface area contributed by atoms with Crippen LogP contribution >= 0.6 is 15.9 Å². The van der Waals surface area contributed by atoms with Crippen molar-refractivity contribution in [3.05, 3.63) is 22.2 Å². The summed E-state index contributed by atoms with van der Waals surface area (Å²) < 4.78 is 11.1. The largest absolute Gasteiger partial charge is 0.496 e. The second-order valence-electron chi connectivity index (χ2n) is 2.04. The molecule has 3 nitrogen and oxygen atoms in total. The van der Waals surface area contributed by atoms with Crippen molar-refractivity contribution in [3.63, 3.8) is 0 Å². The average molecular weight is 250 g/mol. The van der Waals surface area contributed by atoms with Crippen molar-refractivity contribution < 1.29 is 9.47 Å². The minimum Gasteiger partial charge on any atom is -0.496 e. The van der Waals surface area contributed by atoms with Crippen LogP contribution in [0.3, 0.4) is 0 Å². The Morgan fingerprint density at radius 3 is 2.38 bits per heavy atom. The smallest absolute Gasteiger partial charge is 0.190 e. The number of methoxy groups -OCH3 is 2. The molecule has 0 aromatic carbocycles. The molecule has 0 fully saturated rings. The molecule has 0 saturated carbocycles. The molecule has 4 heteroatoms. The monoisotopic (exact) mass is 249 g/mol. The first-order chi connectivity index (χ1) is 6.27. The van der Waals surface area contributed by atoms with E-state index in [2.05, 4.69) is 21.2 Å². The number of hydrogen-bond acceptors (Lipinski definition) is 3. The fourth-order valence-electron chi connectivity index (χ4n) is 0.801. The molecular formula is C9H16BrNO2. The summed E-state index contributed by atoms with van der Waals surface area (Å²) in [6.45, 7) is 4.71. The van der Waals surface area contributed by atoms with Gasteiger partial charge < -0.3 is 14.8 Å². The van der Waals surface area contributed by atoms with E-state index in [-0.39, 0.29) is 0 Å². The lowest BCUT2D eigenvalue weighted by Crippen LogP contribution is -2.21. The van der Waals surface area contributed by atoms with Gasteiger partial charge in [-0.05, 0) is 15.9 Å². The molecule has 0 radical (unpaired) electrons. The first-order valence-corrected chi connectivity index (χ1v) is 4.99. The van der Waals surface area contributed by atoms with Crippen molar-refractivity contribution in [2.45, 2.75) is 13.8 Å². The van der Waals surface area contributed by atoms with E-state index in [0.29, 0.717) is 6.54 Å². The van der Waals surface area contributed by atoms with E-state index in [4.69, 9.17) is 9.47 Å². The van der Waals surface area contributed by atoms with E-state index in [1.165, 1.54) is 0 Å². The highest BCUT2D eigenvalue weighted by Gasteiger charge is 2.10. The fraction of sp³-hybridized carbons (Fsp3) is 0.556. The quantitative estimate of drug-likeness (QED) is 0.816. The summed E-state index contributed by atoms with van der Waals surface area (Å²) in [4.78, 5) is 0. The summed E-state index contributed by atoms with van der Waals surface area (Å²) in [7, 11) is 3.25. The van der Waals surface area contributed by atoms with Gasteiger partial charge in [-0.25, -0.2) is 0 Å². The molecule has 0 aromatic heterocycles. The number of hydrogen-bond donors (Lipinski definition) is 1. The SMILES string of the molecule is CC.COC1=CC(OC)=C(Br)CN1. The molecule has 1 aliphatic heterocycles. The van der Waals surface area contributed by atoms with Gasteiger partial charge in [-0.1, -0.05) is 13.8 Å². The Morgan fingerprint density at radius 2 is 1.92 bits per heavy atom. The molecular weight excluding hydrogens is 234 g/mol.